The number of nitrogen functional groups attached to an aromatic ring is 1. The Bertz CT molecular complexity index is 535. The van der Waals surface area contributed by atoms with Crippen LogP contribution in [0.15, 0.2) is 12.1 Å². The third-order valence-electron chi connectivity index (χ3n) is 4.03. The van der Waals surface area contributed by atoms with E-state index in [1.54, 1.807) is 6.07 Å². The van der Waals surface area contributed by atoms with E-state index in [9.17, 15) is 0 Å². The summed E-state index contributed by atoms with van der Waals surface area (Å²) >= 11 is 6.29. The smallest absolute Gasteiger partial charge is 0.0993 e. The molecule has 0 aromatic heterocycles. The summed E-state index contributed by atoms with van der Waals surface area (Å²) in [6, 6.07) is 6.70. The molecule has 0 amide bonds. The Kier molecular flexibility index (Phi) is 2.61. The molecule has 2 N–H and O–H groups in total. The summed E-state index contributed by atoms with van der Waals surface area (Å²) in [6.07, 6.45) is 1.17. The maximum absolute atomic E-state index is 9.02. The summed E-state index contributed by atoms with van der Waals surface area (Å²) < 4.78 is 0. The molecule has 2 aliphatic rings. The van der Waals surface area contributed by atoms with Crippen LogP contribution in [0.5, 0.6) is 0 Å². The van der Waals surface area contributed by atoms with E-state index < -0.39 is 0 Å². The molecule has 0 aliphatic carbocycles. The maximum atomic E-state index is 9.02. The number of piperazine rings is 1. The Morgan fingerprint density at radius 3 is 2.72 bits per heavy atom. The fourth-order valence-electron chi connectivity index (χ4n) is 3.07. The zero-order valence-electron chi connectivity index (χ0n) is 10.2. The Morgan fingerprint density at radius 1 is 1.39 bits per heavy atom. The monoisotopic (exact) mass is 262 g/mol. The minimum atomic E-state index is 0.488. The zero-order chi connectivity index (χ0) is 12.9. The molecule has 2 saturated heterocycles. The first-order chi connectivity index (χ1) is 8.60. The number of fused-ring (bicyclic) bond motifs is 2. The lowest BCUT2D eigenvalue weighted by Crippen LogP contribution is -2.44. The Balaban J connectivity index is 1.99. The summed E-state index contributed by atoms with van der Waals surface area (Å²) in [7, 11) is 2.16. The van der Waals surface area contributed by atoms with Crippen molar-refractivity contribution in [3.8, 4) is 6.07 Å². The first kappa shape index (κ1) is 11.6. The van der Waals surface area contributed by atoms with Crippen LogP contribution >= 0.6 is 11.6 Å². The number of likely N-dealkylation sites (N-methyl/N-ethyl adjacent to an activating group) is 1. The van der Waals surface area contributed by atoms with E-state index in [0.717, 1.165) is 18.8 Å². The van der Waals surface area contributed by atoms with Gasteiger partial charge >= 0.3 is 0 Å². The highest BCUT2D eigenvalue weighted by Gasteiger charge is 2.42. The SMILES string of the molecule is CN1C[C@@H]2C[C@H]1CN2c1cc(C#N)cc(N)c1Cl. The highest BCUT2D eigenvalue weighted by Crippen LogP contribution is 2.39. The van der Waals surface area contributed by atoms with Crippen molar-refractivity contribution in [2.24, 2.45) is 0 Å². The van der Waals surface area contributed by atoms with Crippen molar-refractivity contribution in [1.82, 2.24) is 4.90 Å². The van der Waals surface area contributed by atoms with Gasteiger partial charge in [-0.2, -0.15) is 5.26 Å². The first-order valence-electron chi connectivity index (χ1n) is 6.06. The van der Waals surface area contributed by atoms with E-state index in [-0.39, 0.29) is 0 Å². The van der Waals surface area contributed by atoms with Gasteiger partial charge in [-0.25, -0.2) is 0 Å². The normalized spacial score (nSPS) is 26.6. The van der Waals surface area contributed by atoms with E-state index in [2.05, 4.69) is 22.9 Å². The van der Waals surface area contributed by atoms with Crippen LogP contribution in [0.1, 0.15) is 12.0 Å². The molecule has 4 nitrogen and oxygen atoms in total. The van der Waals surface area contributed by atoms with Crippen molar-refractivity contribution in [1.29, 1.82) is 5.26 Å². The molecular weight excluding hydrogens is 248 g/mol. The highest BCUT2D eigenvalue weighted by molar-refractivity contribution is 6.35. The molecule has 2 aliphatic heterocycles. The lowest BCUT2D eigenvalue weighted by atomic mass is 10.1. The number of hydrogen-bond donors (Lipinski definition) is 1. The van der Waals surface area contributed by atoms with Crippen LogP contribution in [0.2, 0.25) is 5.02 Å². The van der Waals surface area contributed by atoms with Gasteiger partial charge in [-0.05, 0) is 25.6 Å². The maximum Gasteiger partial charge on any atom is 0.0993 e. The molecule has 2 fully saturated rings. The molecule has 94 valence electrons. The van der Waals surface area contributed by atoms with Gasteiger partial charge in [0.05, 0.1) is 28.0 Å². The van der Waals surface area contributed by atoms with E-state index in [0.29, 0.717) is 28.4 Å². The van der Waals surface area contributed by atoms with Crippen molar-refractivity contribution >= 4 is 23.0 Å². The summed E-state index contributed by atoms with van der Waals surface area (Å²) in [6.45, 7) is 2.02. The molecule has 0 spiro atoms. The molecule has 0 saturated carbocycles. The van der Waals surface area contributed by atoms with Crippen molar-refractivity contribution in [3.63, 3.8) is 0 Å². The van der Waals surface area contributed by atoms with E-state index in [4.69, 9.17) is 22.6 Å². The molecule has 0 radical (unpaired) electrons. The van der Waals surface area contributed by atoms with Gasteiger partial charge in [0.15, 0.2) is 0 Å². The van der Waals surface area contributed by atoms with E-state index >= 15 is 0 Å². The average Bonchev–Trinajstić information content (AvgIpc) is 2.91. The van der Waals surface area contributed by atoms with Crippen molar-refractivity contribution in [3.05, 3.63) is 22.7 Å². The van der Waals surface area contributed by atoms with Crippen LogP contribution in [0.4, 0.5) is 11.4 Å². The zero-order valence-corrected chi connectivity index (χ0v) is 11.0. The number of nitriles is 1. The van der Waals surface area contributed by atoms with E-state index in [1.165, 1.54) is 6.42 Å². The molecule has 2 bridgehead atoms. The molecule has 0 unspecified atom stereocenters. The predicted octanol–water partition coefficient (Wildman–Crippen LogP) is 1.69. The summed E-state index contributed by atoms with van der Waals surface area (Å²) in [5.74, 6) is 0. The quantitative estimate of drug-likeness (QED) is 0.783. The predicted molar refractivity (Wildman–Crippen MR) is 72.7 cm³/mol. The fourth-order valence-corrected chi connectivity index (χ4v) is 3.28. The van der Waals surface area contributed by atoms with Crippen molar-refractivity contribution in [2.75, 3.05) is 30.8 Å². The minimum absolute atomic E-state index is 0.488. The lowest BCUT2D eigenvalue weighted by molar-refractivity contribution is 0.292. The van der Waals surface area contributed by atoms with Crippen molar-refractivity contribution < 1.29 is 0 Å². The second-order valence-corrected chi connectivity index (χ2v) is 5.52. The second-order valence-electron chi connectivity index (χ2n) is 5.15. The topological polar surface area (TPSA) is 56.3 Å². The summed E-state index contributed by atoms with van der Waals surface area (Å²) in [5, 5.41) is 9.59. The fraction of sp³-hybridized carbons (Fsp3) is 0.462. The van der Waals surface area contributed by atoms with Crippen LogP contribution in [0.3, 0.4) is 0 Å². The van der Waals surface area contributed by atoms with Crippen LogP contribution in [-0.4, -0.2) is 37.1 Å². The van der Waals surface area contributed by atoms with Gasteiger partial charge in [-0.3, -0.25) is 4.90 Å². The molecule has 18 heavy (non-hydrogen) atoms. The number of nitrogens with two attached hydrogens (primary N) is 1. The number of nitrogens with zero attached hydrogens (tertiary/aromatic N) is 3. The third kappa shape index (κ3) is 1.63. The van der Waals surface area contributed by atoms with Gasteiger partial charge in [0.1, 0.15) is 0 Å². The summed E-state index contributed by atoms with van der Waals surface area (Å²) in [5.41, 5.74) is 7.84. The molecule has 1 aromatic carbocycles. The van der Waals surface area contributed by atoms with Gasteiger partial charge in [-0.1, -0.05) is 11.6 Å². The van der Waals surface area contributed by atoms with E-state index in [1.807, 2.05) is 6.07 Å². The second kappa shape index (κ2) is 4.04. The van der Waals surface area contributed by atoms with Crippen LogP contribution in [0, 0.1) is 11.3 Å². The molecular formula is C13H15ClN4. The minimum Gasteiger partial charge on any atom is -0.397 e. The van der Waals surface area contributed by atoms with Crippen LogP contribution < -0.4 is 10.6 Å². The van der Waals surface area contributed by atoms with Crippen molar-refractivity contribution in [2.45, 2.75) is 18.5 Å². The van der Waals surface area contributed by atoms with Gasteiger partial charge in [0.2, 0.25) is 0 Å². The highest BCUT2D eigenvalue weighted by atomic mass is 35.5. The number of hydrogen-bond acceptors (Lipinski definition) is 4. The molecule has 3 rings (SSSR count). The largest absolute Gasteiger partial charge is 0.397 e. The summed E-state index contributed by atoms with van der Waals surface area (Å²) in [4.78, 5) is 4.68. The van der Waals surface area contributed by atoms with Gasteiger partial charge < -0.3 is 10.6 Å². The molecule has 2 atom stereocenters. The van der Waals surface area contributed by atoms with Crippen LogP contribution in [-0.2, 0) is 0 Å². The first-order valence-corrected chi connectivity index (χ1v) is 6.44. The van der Waals surface area contributed by atoms with Gasteiger partial charge in [0, 0.05) is 25.2 Å². The number of anilines is 2. The molecule has 1 aromatic rings. The number of likely N-dealkylation sites (tertiary alicyclic amines) is 1. The Morgan fingerprint density at radius 2 is 2.17 bits per heavy atom. The number of halogens is 1. The molecule has 2 heterocycles. The Labute approximate surface area is 112 Å². The third-order valence-corrected chi connectivity index (χ3v) is 4.45. The average molecular weight is 263 g/mol. The standard InChI is InChI=1S/C13H15ClN4/c1-17-6-10-4-9(17)7-18(10)12-3-8(5-15)2-11(16)13(12)14/h2-3,9-10H,4,6-7,16H2,1H3/t9-,10-/m0/s1. The molecule has 5 heteroatoms. The van der Waals surface area contributed by atoms with Gasteiger partial charge in [0.25, 0.3) is 0 Å². The lowest BCUT2D eigenvalue weighted by Gasteiger charge is -2.34. The number of rotatable bonds is 1. The number of benzene rings is 1. The Hall–Kier alpha value is -1.44. The van der Waals surface area contributed by atoms with Gasteiger partial charge in [-0.15, -0.1) is 0 Å². The van der Waals surface area contributed by atoms with Crippen LogP contribution in [0.25, 0.3) is 0 Å².